The molecule has 1 fully saturated rings. The molecule has 0 bridgehead atoms. The van der Waals surface area contributed by atoms with Crippen LogP contribution in [0.3, 0.4) is 0 Å². The lowest BCUT2D eigenvalue weighted by atomic mass is 10.2. The summed E-state index contributed by atoms with van der Waals surface area (Å²) in [6.45, 7) is 2.60. The van der Waals surface area contributed by atoms with Crippen molar-refractivity contribution in [2.75, 3.05) is 19.6 Å². The van der Waals surface area contributed by atoms with Crippen molar-refractivity contribution >= 4 is 37.6 Å². The quantitative estimate of drug-likeness (QED) is 0.394. The molecule has 1 N–H and O–H groups in total. The molecule has 11 heteroatoms. The van der Waals surface area contributed by atoms with Crippen molar-refractivity contribution in [3.8, 4) is 0 Å². The fraction of sp³-hybridized carbons (Fsp3) is 0.296. The Morgan fingerprint density at radius 2 is 1.53 bits per heavy atom. The molecule has 0 spiro atoms. The summed E-state index contributed by atoms with van der Waals surface area (Å²) in [5, 5.41) is 3.21. The summed E-state index contributed by atoms with van der Waals surface area (Å²) in [5.74, 6) is -0.489. The standard InChI is InChI=1S/C27H30ClN3O5S2/c1-21-7-11-25(12-8-21)38(35,36)31(19-23-5-4-6-24(28)17-23)20-27(32)29-18-22-9-13-26(14-10-22)37(33,34)30-15-2-3-16-30/h4-14,17H,2-3,15-16,18-20H2,1H3,(H,29,32). The van der Waals surface area contributed by atoms with E-state index in [9.17, 15) is 21.6 Å². The van der Waals surface area contributed by atoms with E-state index in [1.165, 1.54) is 28.6 Å². The number of nitrogens with zero attached hydrogens (tertiary/aromatic N) is 2. The van der Waals surface area contributed by atoms with E-state index in [1.807, 2.05) is 6.92 Å². The van der Waals surface area contributed by atoms with Crippen LogP contribution in [0.25, 0.3) is 0 Å². The Morgan fingerprint density at radius 3 is 2.16 bits per heavy atom. The molecule has 0 radical (unpaired) electrons. The molecule has 0 aromatic heterocycles. The van der Waals surface area contributed by atoms with Crippen LogP contribution in [0.4, 0.5) is 0 Å². The predicted molar refractivity (Wildman–Crippen MR) is 147 cm³/mol. The van der Waals surface area contributed by atoms with Gasteiger partial charge in [0, 0.05) is 31.2 Å². The molecule has 0 aliphatic carbocycles. The van der Waals surface area contributed by atoms with Gasteiger partial charge in [0.1, 0.15) is 0 Å². The molecular formula is C27H30ClN3O5S2. The van der Waals surface area contributed by atoms with Crippen molar-refractivity contribution in [2.24, 2.45) is 0 Å². The molecule has 0 unspecified atom stereocenters. The van der Waals surface area contributed by atoms with Crippen LogP contribution >= 0.6 is 11.6 Å². The third-order valence-corrected chi connectivity index (χ3v) is 10.3. The summed E-state index contributed by atoms with van der Waals surface area (Å²) >= 11 is 6.09. The number of hydrogen-bond acceptors (Lipinski definition) is 5. The molecule has 38 heavy (non-hydrogen) atoms. The van der Waals surface area contributed by atoms with E-state index in [1.54, 1.807) is 48.5 Å². The van der Waals surface area contributed by atoms with Gasteiger partial charge in [0.25, 0.3) is 0 Å². The first-order valence-electron chi connectivity index (χ1n) is 12.2. The summed E-state index contributed by atoms with van der Waals surface area (Å²) < 4.78 is 54.9. The van der Waals surface area contributed by atoms with Crippen LogP contribution in [0.2, 0.25) is 5.02 Å². The number of aryl methyl sites for hydroxylation is 1. The van der Waals surface area contributed by atoms with Gasteiger partial charge in [-0.2, -0.15) is 8.61 Å². The number of nitrogens with one attached hydrogen (secondary N) is 1. The van der Waals surface area contributed by atoms with Crippen LogP contribution in [0, 0.1) is 6.92 Å². The minimum absolute atomic E-state index is 0.0345. The number of rotatable bonds is 10. The van der Waals surface area contributed by atoms with Gasteiger partial charge in [-0.25, -0.2) is 16.8 Å². The molecule has 202 valence electrons. The molecule has 8 nitrogen and oxygen atoms in total. The highest BCUT2D eigenvalue weighted by Gasteiger charge is 2.28. The molecule has 1 aliphatic heterocycles. The number of benzene rings is 3. The van der Waals surface area contributed by atoms with Crippen LogP contribution in [-0.2, 0) is 37.9 Å². The smallest absolute Gasteiger partial charge is 0.243 e. The average molecular weight is 576 g/mol. The Kier molecular flexibility index (Phi) is 8.89. The van der Waals surface area contributed by atoms with E-state index in [0.29, 0.717) is 29.2 Å². The second-order valence-electron chi connectivity index (χ2n) is 9.25. The van der Waals surface area contributed by atoms with Crippen molar-refractivity contribution in [2.45, 2.75) is 42.6 Å². The van der Waals surface area contributed by atoms with Crippen LogP contribution in [0.15, 0.2) is 82.6 Å². The predicted octanol–water partition coefficient (Wildman–Crippen LogP) is 3.94. The van der Waals surface area contributed by atoms with E-state index in [2.05, 4.69) is 5.32 Å². The maximum absolute atomic E-state index is 13.4. The lowest BCUT2D eigenvalue weighted by Crippen LogP contribution is -2.40. The van der Waals surface area contributed by atoms with Crippen molar-refractivity contribution in [3.05, 3.63) is 94.5 Å². The Labute approximate surface area is 229 Å². The Balaban J connectivity index is 1.45. The first-order chi connectivity index (χ1) is 18.1. The fourth-order valence-electron chi connectivity index (χ4n) is 4.20. The lowest BCUT2D eigenvalue weighted by molar-refractivity contribution is -0.121. The van der Waals surface area contributed by atoms with Crippen molar-refractivity contribution in [1.29, 1.82) is 0 Å². The van der Waals surface area contributed by atoms with Crippen LogP contribution < -0.4 is 5.32 Å². The zero-order valence-electron chi connectivity index (χ0n) is 21.0. The molecule has 4 rings (SSSR count). The van der Waals surface area contributed by atoms with E-state index in [0.717, 1.165) is 22.7 Å². The molecule has 1 heterocycles. The van der Waals surface area contributed by atoms with Crippen LogP contribution in [-0.4, -0.2) is 51.0 Å². The van der Waals surface area contributed by atoms with Gasteiger partial charge in [0.05, 0.1) is 16.3 Å². The molecule has 0 atom stereocenters. The maximum Gasteiger partial charge on any atom is 0.243 e. The van der Waals surface area contributed by atoms with Gasteiger partial charge in [-0.05, 0) is 67.3 Å². The van der Waals surface area contributed by atoms with Gasteiger partial charge >= 0.3 is 0 Å². The zero-order valence-corrected chi connectivity index (χ0v) is 23.4. The Hall–Kier alpha value is -2.76. The second-order valence-corrected chi connectivity index (χ2v) is 13.6. The van der Waals surface area contributed by atoms with Gasteiger partial charge < -0.3 is 5.32 Å². The topological polar surface area (TPSA) is 104 Å². The first kappa shape index (κ1) is 28.3. The van der Waals surface area contributed by atoms with E-state index in [-0.39, 0.29) is 22.9 Å². The molecule has 3 aromatic carbocycles. The highest BCUT2D eigenvalue weighted by atomic mass is 35.5. The van der Waals surface area contributed by atoms with Crippen molar-refractivity contribution in [1.82, 2.24) is 13.9 Å². The summed E-state index contributed by atoms with van der Waals surface area (Å²) in [7, 11) is -7.50. The normalized spacial score (nSPS) is 14.6. The number of hydrogen-bond donors (Lipinski definition) is 1. The lowest BCUT2D eigenvalue weighted by Gasteiger charge is -2.22. The average Bonchev–Trinajstić information content (AvgIpc) is 3.44. The molecule has 0 saturated carbocycles. The second kappa shape index (κ2) is 12.0. The minimum Gasteiger partial charge on any atom is -0.351 e. The summed E-state index contributed by atoms with van der Waals surface area (Å²) in [6, 6.07) is 19.6. The highest BCUT2D eigenvalue weighted by Crippen LogP contribution is 2.22. The fourth-order valence-corrected chi connectivity index (χ4v) is 7.31. The third-order valence-electron chi connectivity index (χ3n) is 6.34. The van der Waals surface area contributed by atoms with Gasteiger partial charge in [0.2, 0.25) is 26.0 Å². The highest BCUT2D eigenvalue weighted by molar-refractivity contribution is 7.89. The van der Waals surface area contributed by atoms with Crippen molar-refractivity contribution < 1.29 is 21.6 Å². The zero-order chi connectivity index (χ0) is 27.3. The van der Waals surface area contributed by atoms with E-state index in [4.69, 9.17) is 11.6 Å². The van der Waals surface area contributed by atoms with Crippen LogP contribution in [0.1, 0.15) is 29.5 Å². The van der Waals surface area contributed by atoms with Crippen molar-refractivity contribution in [3.63, 3.8) is 0 Å². The Bertz CT molecular complexity index is 1490. The number of amides is 1. The summed E-state index contributed by atoms with van der Waals surface area (Å²) in [4.78, 5) is 13.2. The number of halogens is 1. The van der Waals surface area contributed by atoms with Gasteiger partial charge in [0.15, 0.2) is 0 Å². The molecule has 3 aromatic rings. The summed E-state index contributed by atoms with van der Waals surface area (Å²) in [5.41, 5.74) is 2.26. The number of carbonyl (C=O) groups excluding carboxylic acids is 1. The molecule has 1 saturated heterocycles. The third kappa shape index (κ3) is 6.81. The SMILES string of the molecule is Cc1ccc(S(=O)(=O)N(CC(=O)NCc2ccc(S(=O)(=O)N3CCCC3)cc2)Cc2cccc(Cl)c2)cc1. The van der Waals surface area contributed by atoms with Crippen LogP contribution in [0.5, 0.6) is 0 Å². The maximum atomic E-state index is 13.4. The number of carbonyl (C=O) groups is 1. The van der Waals surface area contributed by atoms with Gasteiger partial charge in [-0.3, -0.25) is 4.79 Å². The monoisotopic (exact) mass is 575 g/mol. The minimum atomic E-state index is -3.98. The van der Waals surface area contributed by atoms with E-state index >= 15 is 0 Å². The van der Waals surface area contributed by atoms with Gasteiger partial charge in [-0.1, -0.05) is 53.6 Å². The van der Waals surface area contributed by atoms with Gasteiger partial charge in [-0.15, -0.1) is 0 Å². The first-order valence-corrected chi connectivity index (χ1v) is 15.5. The Morgan fingerprint density at radius 1 is 0.895 bits per heavy atom. The number of sulfonamides is 2. The largest absolute Gasteiger partial charge is 0.351 e. The molecule has 1 amide bonds. The summed E-state index contributed by atoms with van der Waals surface area (Å²) in [6.07, 6.45) is 1.72. The molecular weight excluding hydrogens is 546 g/mol. The molecule has 1 aliphatic rings. The van der Waals surface area contributed by atoms with E-state index < -0.39 is 32.5 Å².